The summed E-state index contributed by atoms with van der Waals surface area (Å²) in [6.45, 7) is 2.96. The van der Waals surface area contributed by atoms with Gasteiger partial charge in [0, 0.05) is 29.2 Å². The van der Waals surface area contributed by atoms with E-state index in [4.69, 9.17) is 23.2 Å². The molecule has 1 aliphatic heterocycles. The van der Waals surface area contributed by atoms with Gasteiger partial charge in [-0.3, -0.25) is 0 Å². The zero-order valence-corrected chi connectivity index (χ0v) is 10.6. The zero-order chi connectivity index (χ0) is 11.4. The van der Waals surface area contributed by atoms with E-state index in [1.807, 2.05) is 18.2 Å². The average Bonchev–Trinajstić information content (AvgIpc) is 2.32. The van der Waals surface area contributed by atoms with Crippen molar-refractivity contribution < 1.29 is 0 Å². The Morgan fingerprint density at radius 2 is 2.25 bits per heavy atom. The Bertz CT molecular complexity index is 349. The van der Waals surface area contributed by atoms with Gasteiger partial charge in [-0.15, -0.1) is 0 Å². The van der Waals surface area contributed by atoms with Crippen molar-refractivity contribution in [2.75, 3.05) is 13.1 Å². The normalized spacial score (nSPS) is 21.0. The van der Waals surface area contributed by atoms with E-state index in [0.29, 0.717) is 6.04 Å². The van der Waals surface area contributed by atoms with Gasteiger partial charge in [-0.2, -0.15) is 0 Å². The van der Waals surface area contributed by atoms with Crippen molar-refractivity contribution in [3.63, 3.8) is 0 Å². The number of hydrogen-bond acceptors (Lipinski definition) is 2. The highest BCUT2D eigenvalue weighted by atomic mass is 35.5. The number of rotatable bonds is 3. The summed E-state index contributed by atoms with van der Waals surface area (Å²) in [6.07, 6.45) is 2.46. The van der Waals surface area contributed by atoms with Crippen LogP contribution in [-0.2, 0) is 6.54 Å². The van der Waals surface area contributed by atoms with Crippen LogP contribution in [0.15, 0.2) is 18.2 Å². The fourth-order valence-electron chi connectivity index (χ4n) is 1.96. The fourth-order valence-corrected chi connectivity index (χ4v) is 2.34. The van der Waals surface area contributed by atoms with E-state index in [-0.39, 0.29) is 0 Å². The van der Waals surface area contributed by atoms with Crippen molar-refractivity contribution in [2.24, 2.45) is 0 Å². The third-order valence-corrected chi connectivity index (χ3v) is 3.49. The maximum atomic E-state index is 6.10. The van der Waals surface area contributed by atoms with Crippen molar-refractivity contribution >= 4 is 23.2 Å². The minimum atomic E-state index is 0.545. The molecule has 0 aromatic heterocycles. The third-order valence-electron chi connectivity index (χ3n) is 2.89. The lowest BCUT2D eigenvalue weighted by Crippen LogP contribution is -2.42. The molecule has 2 N–H and O–H groups in total. The Labute approximate surface area is 106 Å². The monoisotopic (exact) mass is 258 g/mol. The molecule has 4 heteroatoms. The SMILES string of the molecule is Clc1ccc(Cl)c(CN[C@H]2CCCNC2)c1. The molecule has 88 valence electrons. The van der Waals surface area contributed by atoms with Crippen LogP contribution in [0.1, 0.15) is 18.4 Å². The maximum Gasteiger partial charge on any atom is 0.0451 e. The van der Waals surface area contributed by atoms with Crippen LogP contribution in [0.25, 0.3) is 0 Å². The molecule has 1 saturated heterocycles. The average molecular weight is 259 g/mol. The molecular weight excluding hydrogens is 243 g/mol. The number of piperidine rings is 1. The summed E-state index contributed by atoms with van der Waals surface area (Å²) in [5, 5.41) is 8.39. The van der Waals surface area contributed by atoms with Crippen LogP contribution in [-0.4, -0.2) is 19.1 Å². The Kier molecular flexibility index (Phi) is 4.47. The quantitative estimate of drug-likeness (QED) is 0.872. The van der Waals surface area contributed by atoms with Crippen molar-refractivity contribution in [2.45, 2.75) is 25.4 Å². The van der Waals surface area contributed by atoms with Crippen LogP contribution in [0.3, 0.4) is 0 Å². The molecule has 0 radical (unpaired) electrons. The number of halogens is 2. The number of benzene rings is 1. The second-order valence-electron chi connectivity index (χ2n) is 4.16. The van der Waals surface area contributed by atoms with Crippen LogP contribution in [0.2, 0.25) is 10.0 Å². The van der Waals surface area contributed by atoms with Gasteiger partial charge in [-0.25, -0.2) is 0 Å². The molecule has 1 aromatic rings. The summed E-state index contributed by atoms with van der Waals surface area (Å²) in [7, 11) is 0. The Balaban J connectivity index is 1.90. The smallest absolute Gasteiger partial charge is 0.0451 e. The topological polar surface area (TPSA) is 24.1 Å². The highest BCUT2D eigenvalue weighted by Gasteiger charge is 2.12. The molecule has 0 bridgehead atoms. The number of hydrogen-bond donors (Lipinski definition) is 2. The van der Waals surface area contributed by atoms with E-state index in [1.54, 1.807) is 0 Å². The van der Waals surface area contributed by atoms with Crippen molar-refractivity contribution in [1.29, 1.82) is 0 Å². The molecule has 1 aromatic carbocycles. The van der Waals surface area contributed by atoms with Crippen LogP contribution in [0.5, 0.6) is 0 Å². The van der Waals surface area contributed by atoms with Gasteiger partial charge in [0.15, 0.2) is 0 Å². The molecular formula is C12H16Cl2N2. The highest BCUT2D eigenvalue weighted by molar-refractivity contribution is 6.33. The molecule has 16 heavy (non-hydrogen) atoms. The predicted octanol–water partition coefficient (Wildman–Crippen LogP) is 2.84. The summed E-state index contributed by atoms with van der Waals surface area (Å²) >= 11 is 12.0. The van der Waals surface area contributed by atoms with Gasteiger partial charge in [0.05, 0.1) is 0 Å². The van der Waals surface area contributed by atoms with Gasteiger partial charge in [0.2, 0.25) is 0 Å². The standard InChI is InChI=1S/C12H16Cl2N2/c13-10-3-4-12(14)9(6-10)7-16-11-2-1-5-15-8-11/h3-4,6,11,15-16H,1-2,5,7-8H2/t11-/m0/s1. The lowest BCUT2D eigenvalue weighted by molar-refractivity contribution is 0.389. The Morgan fingerprint density at radius 1 is 1.38 bits per heavy atom. The molecule has 1 fully saturated rings. The predicted molar refractivity (Wildman–Crippen MR) is 69.2 cm³/mol. The van der Waals surface area contributed by atoms with Crippen LogP contribution in [0, 0.1) is 0 Å². The maximum absolute atomic E-state index is 6.10. The lowest BCUT2D eigenvalue weighted by atomic mass is 10.1. The Morgan fingerprint density at radius 3 is 3.00 bits per heavy atom. The molecule has 2 nitrogen and oxygen atoms in total. The fraction of sp³-hybridized carbons (Fsp3) is 0.500. The van der Waals surface area contributed by atoms with E-state index in [1.165, 1.54) is 12.8 Å². The minimum absolute atomic E-state index is 0.545. The first-order valence-corrected chi connectivity index (χ1v) is 6.39. The molecule has 0 saturated carbocycles. The summed E-state index contributed by atoms with van der Waals surface area (Å²) in [5.74, 6) is 0. The molecule has 2 rings (SSSR count). The van der Waals surface area contributed by atoms with E-state index >= 15 is 0 Å². The molecule has 1 heterocycles. The summed E-state index contributed by atoms with van der Waals surface area (Å²) in [5.41, 5.74) is 1.07. The highest BCUT2D eigenvalue weighted by Crippen LogP contribution is 2.20. The van der Waals surface area contributed by atoms with E-state index in [2.05, 4.69) is 10.6 Å². The molecule has 1 aliphatic rings. The van der Waals surface area contributed by atoms with Gasteiger partial charge in [0.1, 0.15) is 0 Å². The zero-order valence-electron chi connectivity index (χ0n) is 9.10. The van der Waals surface area contributed by atoms with Crippen molar-refractivity contribution in [3.8, 4) is 0 Å². The third kappa shape index (κ3) is 3.36. The van der Waals surface area contributed by atoms with E-state index < -0.39 is 0 Å². The van der Waals surface area contributed by atoms with Gasteiger partial charge >= 0.3 is 0 Å². The van der Waals surface area contributed by atoms with Gasteiger partial charge in [0.25, 0.3) is 0 Å². The second-order valence-corrected chi connectivity index (χ2v) is 5.00. The van der Waals surface area contributed by atoms with E-state index in [9.17, 15) is 0 Å². The first-order valence-electron chi connectivity index (χ1n) is 5.64. The first-order chi connectivity index (χ1) is 7.75. The van der Waals surface area contributed by atoms with Gasteiger partial charge in [-0.05, 0) is 43.1 Å². The summed E-state index contributed by atoms with van der Waals surface area (Å²) in [4.78, 5) is 0. The lowest BCUT2D eigenvalue weighted by Gasteiger charge is -2.24. The van der Waals surface area contributed by atoms with Crippen molar-refractivity contribution in [1.82, 2.24) is 10.6 Å². The van der Waals surface area contributed by atoms with E-state index in [0.717, 1.165) is 35.2 Å². The minimum Gasteiger partial charge on any atom is -0.315 e. The van der Waals surface area contributed by atoms with Crippen molar-refractivity contribution in [3.05, 3.63) is 33.8 Å². The summed E-state index contributed by atoms with van der Waals surface area (Å²) < 4.78 is 0. The second kappa shape index (κ2) is 5.87. The molecule has 1 atom stereocenters. The number of nitrogens with one attached hydrogen (secondary N) is 2. The van der Waals surface area contributed by atoms with Crippen LogP contribution < -0.4 is 10.6 Å². The molecule has 0 aliphatic carbocycles. The van der Waals surface area contributed by atoms with Crippen LogP contribution >= 0.6 is 23.2 Å². The van der Waals surface area contributed by atoms with Gasteiger partial charge < -0.3 is 10.6 Å². The van der Waals surface area contributed by atoms with Gasteiger partial charge in [-0.1, -0.05) is 23.2 Å². The summed E-state index contributed by atoms with van der Waals surface area (Å²) in [6, 6.07) is 6.13. The van der Waals surface area contributed by atoms with Crippen LogP contribution in [0.4, 0.5) is 0 Å². The largest absolute Gasteiger partial charge is 0.315 e. The Hall–Kier alpha value is -0.280. The molecule has 0 spiro atoms. The molecule has 0 amide bonds. The molecule has 0 unspecified atom stereocenters. The first kappa shape index (κ1) is 12.2.